The van der Waals surface area contributed by atoms with E-state index in [0.29, 0.717) is 6.92 Å². The average molecular weight is 384 g/mol. The Hall–Kier alpha value is -2.21. The van der Waals surface area contributed by atoms with Crippen LogP contribution in [0, 0.1) is 11.8 Å². The molecule has 1 heterocycles. The fraction of sp³-hybridized carbons (Fsp3) is 0.571. The summed E-state index contributed by atoms with van der Waals surface area (Å²) in [7, 11) is 1.20. The number of fused-ring (bicyclic) bond motifs is 1. The van der Waals surface area contributed by atoms with Gasteiger partial charge in [0.1, 0.15) is 12.1 Å². The van der Waals surface area contributed by atoms with E-state index in [0.717, 1.165) is 11.8 Å². The van der Waals surface area contributed by atoms with Gasteiger partial charge in [0, 0.05) is 35.0 Å². The zero-order chi connectivity index (χ0) is 28.3. The molecule has 0 spiro atoms. The molecule has 2 rings (SSSR count). The van der Waals surface area contributed by atoms with Crippen molar-refractivity contribution in [2.24, 2.45) is 11.8 Å². The van der Waals surface area contributed by atoms with Crippen molar-refractivity contribution in [1.82, 2.24) is 10.2 Å². The van der Waals surface area contributed by atoms with E-state index in [4.69, 9.17) is 12.3 Å². The van der Waals surface area contributed by atoms with Crippen LogP contribution in [0.3, 0.4) is 0 Å². The number of Topliss-reactive ketones (excluding diaryl/α,β-unsaturated/α-hetero) is 1. The number of amides is 2. The van der Waals surface area contributed by atoms with Crippen LogP contribution in [-0.4, -0.2) is 46.7 Å². The number of likely N-dealkylation sites (N-methyl/N-ethyl adjacent to an activating group) is 1. The first-order valence-corrected chi connectivity index (χ1v) is 8.38. The molecule has 1 aliphatic rings. The highest BCUT2D eigenvalue weighted by Crippen LogP contribution is 2.27. The predicted molar refractivity (Wildman–Crippen MR) is 103 cm³/mol. The SMILES string of the molecule is [2H]C([2H])([2H])C([2H])(C)[C@]([2H])(O)C(=O)C[C@@]([2H])(C)C(=O)N[C@@H]1C(=O)N(C)C([2H])(C)C([2H])([2H])c2ccccc21. The standard InChI is InChI=1S/C21H30N2O4/c1-12(2)19(25)17(24)10-13(3)20(26)22-18-16-9-7-6-8-15(16)11-14(4)23(5)21(18)27/h6-9,12-14,18-19,25H,10-11H2,1-5H3,(H,22,26)/t13-,14?,18+,19+/m1/s1/i1D3,11D2,12D,13D,14D,19D/t12?,13-,14?,18+,19+. The summed E-state index contributed by atoms with van der Waals surface area (Å²) in [5, 5.41) is 12.6. The lowest BCUT2D eigenvalue weighted by Crippen LogP contribution is -2.44. The minimum Gasteiger partial charge on any atom is -0.385 e. The van der Waals surface area contributed by atoms with Crippen molar-refractivity contribution in [3.63, 3.8) is 0 Å². The van der Waals surface area contributed by atoms with Crippen LogP contribution in [-0.2, 0) is 20.8 Å². The molecule has 2 N–H and O–H groups in total. The highest BCUT2D eigenvalue weighted by molar-refractivity contribution is 5.93. The molecule has 5 atom stereocenters. The molecule has 2 amide bonds. The summed E-state index contributed by atoms with van der Waals surface area (Å²) in [6.07, 6.45) is -6.99. The predicted octanol–water partition coefficient (Wildman–Crippen LogP) is 1.86. The Balaban J connectivity index is 2.43. The Morgan fingerprint density at radius 3 is 2.81 bits per heavy atom. The molecule has 6 heteroatoms. The van der Waals surface area contributed by atoms with Crippen molar-refractivity contribution in [3.8, 4) is 0 Å². The molecular weight excluding hydrogens is 344 g/mol. The first-order valence-electron chi connectivity index (χ1n) is 12.9. The van der Waals surface area contributed by atoms with E-state index in [9.17, 15) is 19.5 Å². The normalized spacial score (nSPS) is 36.5. The third-order valence-electron chi connectivity index (χ3n) is 4.38. The Bertz CT molecular complexity index is 1070. The summed E-state index contributed by atoms with van der Waals surface area (Å²) in [5.74, 6) is -8.99. The number of hydrogen-bond donors (Lipinski definition) is 2. The van der Waals surface area contributed by atoms with Gasteiger partial charge in [0.25, 0.3) is 0 Å². The molecule has 6 nitrogen and oxygen atoms in total. The molecule has 2 unspecified atom stereocenters. The van der Waals surface area contributed by atoms with Gasteiger partial charge in [0.2, 0.25) is 11.8 Å². The molecule has 0 saturated heterocycles. The van der Waals surface area contributed by atoms with Crippen LogP contribution in [0.4, 0.5) is 0 Å². The van der Waals surface area contributed by atoms with Gasteiger partial charge in [0.05, 0.1) is 2.74 Å². The van der Waals surface area contributed by atoms with Crippen molar-refractivity contribution < 1.29 is 31.8 Å². The maximum absolute atomic E-state index is 13.2. The van der Waals surface area contributed by atoms with Gasteiger partial charge in [-0.3, -0.25) is 14.4 Å². The third kappa shape index (κ3) is 4.75. The van der Waals surface area contributed by atoms with Gasteiger partial charge in [0.15, 0.2) is 5.78 Å². The van der Waals surface area contributed by atoms with E-state index in [2.05, 4.69) is 5.32 Å². The largest absolute Gasteiger partial charge is 0.385 e. The molecule has 1 aromatic rings. The summed E-state index contributed by atoms with van der Waals surface area (Å²) in [4.78, 5) is 39.8. The minimum absolute atomic E-state index is 0.0311. The van der Waals surface area contributed by atoms with E-state index in [1.165, 1.54) is 38.2 Å². The van der Waals surface area contributed by atoms with Crippen molar-refractivity contribution in [3.05, 3.63) is 35.4 Å². The van der Waals surface area contributed by atoms with Crippen LogP contribution in [0.1, 0.15) is 63.5 Å². The second-order valence-electron chi connectivity index (χ2n) is 6.46. The highest BCUT2D eigenvalue weighted by Gasteiger charge is 2.34. The van der Waals surface area contributed by atoms with Crippen molar-refractivity contribution >= 4 is 17.6 Å². The number of carbonyl (C=O) groups excluding carboxylic acids is 3. The van der Waals surface area contributed by atoms with Crippen molar-refractivity contribution in [2.75, 3.05) is 7.05 Å². The van der Waals surface area contributed by atoms with Gasteiger partial charge >= 0.3 is 0 Å². The fourth-order valence-corrected chi connectivity index (χ4v) is 2.64. The summed E-state index contributed by atoms with van der Waals surface area (Å²) in [6, 6.07) is 2.17. The zero-order valence-electron chi connectivity index (χ0n) is 24.7. The van der Waals surface area contributed by atoms with E-state index < -0.39 is 67.2 Å². The quantitative estimate of drug-likeness (QED) is 0.785. The number of rotatable bonds is 6. The van der Waals surface area contributed by atoms with E-state index in [1.54, 1.807) is 0 Å². The third-order valence-corrected chi connectivity index (χ3v) is 4.38. The molecule has 0 aliphatic carbocycles. The number of ketones is 1. The second-order valence-corrected chi connectivity index (χ2v) is 6.46. The fourth-order valence-electron chi connectivity index (χ4n) is 2.64. The molecule has 148 valence electrons. The Morgan fingerprint density at radius 1 is 1.48 bits per heavy atom. The monoisotopic (exact) mass is 383 g/mol. The molecule has 1 aliphatic heterocycles. The van der Waals surface area contributed by atoms with E-state index in [-0.39, 0.29) is 11.1 Å². The van der Waals surface area contributed by atoms with Crippen LogP contribution < -0.4 is 5.32 Å². The van der Waals surface area contributed by atoms with Crippen LogP contribution in [0.25, 0.3) is 0 Å². The van der Waals surface area contributed by atoms with Crippen LogP contribution in [0.5, 0.6) is 0 Å². The molecule has 0 aromatic heterocycles. The van der Waals surface area contributed by atoms with Gasteiger partial charge in [-0.1, -0.05) is 45.0 Å². The maximum Gasteiger partial charge on any atom is 0.249 e. The van der Waals surface area contributed by atoms with Gasteiger partial charge in [-0.2, -0.15) is 0 Å². The number of aliphatic hydroxyl groups is 1. The van der Waals surface area contributed by atoms with Crippen molar-refractivity contribution in [2.45, 2.75) is 58.6 Å². The lowest BCUT2D eigenvalue weighted by Gasteiger charge is -2.26. The first-order chi connectivity index (χ1) is 15.9. The lowest BCUT2D eigenvalue weighted by molar-refractivity contribution is -0.138. The number of hydrogen-bond acceptors (Lipinski definition) is 4. The molecule has 0 radical (unpaired) electrons. The van der Waals surface area contributed by atoms with Gasteiger partial charge in [-0.05, 0) is 30.3 Å². The summed E-state index contributed by atoms with van der Waals surface area (Å²) in [5.41, 5.74) is 0.0142. The topological polar surface area (TPSA) is 86.7 Å². The second kappa shape index (κ2) is 8.65. The molecule has 0 saturated carbocycles. The highest BCUT2D eigenvalue weighted by atomic mass is 16.3. The smallest absolute Gasteiger partial charge is 0.249 e. The summed E-state index contributed by atoms with van der Waals surface area (Å²) < 4.78 is 71.7. The Labute approximate surface area is 173 Å². The summed E-state index contributed by atoms with van der Waals surface area (Å²) >= 11 is 0. The van der Waals surface area contributed by atoms with E-state index >= 15 is 0 Å². The van der Waals surface area contributed by atoms with Gasteiger partial charge in [-0.25, -0.2) is 0 Å². The number of nitrogens with one attached hydrogen (secondary N) is 1. The van der Waals surface area contributed by atoms with Gasteiger partial charge < -0.3 is 15.3 Å². The number of benzene rings is 1. The maximum atomic E-state index is 13.2. The minimum atomic E-state index is -3.48. The molecule has 1 aromatic carbocycles. The van der Waals surface area contributed by atoms with Crippen LogP contribution >= 0.6 is 0 Å². The van der Waals surface area contributed by atoms with Crippen LogP contribution in [0.2, 0.25) is 0 Å². The number of nitrogens with zero attached hydrogens (tertiary/aromatic N) is 1. The lowest BCUT2D eigenvalue weighted by atomic mass is 9.94. The van der Waals surface area contributed by atoms with Crippen LogP contribution in [0.15, 0.2) is 24.3 Å². The van der Waals surface area contributed by atoms with E-state index in [1.807, 2.05) is 0 Å². The average Bonchev–Trinajstić information content (AvgIpc) is 2.77. The summed E-state index contributed by atoms with van der Waals surface area (Å²) in [6.45, 7) is -0.396. The molecular formula is C21H30N2O4. The Morgan fingerprint density at radius 2 is 2.15 bits per heavy atom. The Kier molecular flexibility index (Phi) is 3.71. The molecule has 0 fully saturated rings. The number of carbonyl (C=O) groups is 3. The molecule has 27 heavy (non-hydrogen) atoms. The van der Waals surface area contributed by atoms with Crippen molar-refractivity contribution in [1.29, 1.82) is 0 Å². The zero-order valence-corrected chi connectivity index (χ0v) is 15.7. The molecule has 0 bridgehead atoms. The van der Waals surface area contributed by atoms with Gasteiger partial charge in [-0.15, -0.1) is 0 Å². The first kappa shape index (κ1) is 11.6.